The first-order valence-electron chi connectivity index (χ1n) is 7.62. The summed E-state index contributed by atoms with van der Waals surface area (Å²) in [6.07, 6.45) is 0. The van der Waals surface area contributed by atoms with Gasteiger partial charge in [-0.3, -0.25) is 19.3 Å². The SMILES string of the molecule is COC(=O)C(CN1C(=O)c2ccccc2C1=O)c1ccc(C)cc1. The van der Waals surface area contributed by atoms with Crippen LogP contribution in [0.5, 0.6) is 0 Å². The van der Waals surface area contributed by atoms with Crippen molar-refractivity contribution >= 4 is 17.8 Å². The Morgan fingerprint density at radius 1 is 1.00 bits per heavy atom. The third-order valence-corrected chi connectivity index (χ3v) is 4.21. The van der Waals surface area contributed by atoms with Gasteiger partial charge in [-0.05, 0) is 24.6 Å². The lowest BCUT2D eigenvalue weighted by Crippen LogP contribution is -2.36. The number of benzene rings is 2. The van der Waals surface area contributed by atoms with E-state index in [1.165, 1.54) is 7.11 Å². The van der Waals surface area contributed by atoms with Crippen LogP contribution in [-0.2, 0) is 9.53 Å². The predicted molar refractivity (Wildman–Crippen MR) is 87.7 cm³/mol. The van der Waals surface area contributed by atoms with E-state index in [1.54, 1.807) is 24.3 Å². The molecular weight excluding hydrogens is 306 g/mol. The third kappa shape index (κ3) is 2.69. The Morgan fingerprint density at radius 2 is 1.54 bits per heavy atom. The van der Waals surface area contributed by atoms with Crippen LogP contribution in [0.3, 0.4) is 0 Å². The fraction of sp³-hybridized carbons (Fsp3) is 0.211. The number of methoxy groups -OCH3 is 1. The summed E-state index contributed by atoms with van der Waals surface area (Å²) in [5.41, 5.74) is 2.51. The van der Waals surface area contributed by atoms with E-state index in [-0.39, 0.29) is 18.4 Å². The largest absolute Gasteiger partial charge is 0.468 e. The minimum atomic E-state index is -0.710. The van der Waals surface area contributed by atoms with Gasteiger partial charge in [0.1, 0.15) is 0 Å². The minimum absolute atomic E-state index is 0.0396. The molecule has 1 aliphatic heterocycles. The van der Waals surface area contributed by atoms with Crippen molar-refractivity contribution in [1.82, 2.24) is 4.90 Å². The number of nitrogens with zero attached hydrogens (tertiary/aromatic N) is 1. The van der Waals surface area contributed by atoms with Crippen molar-refractivity contribution < 1.29 is 19.1 Å². The van der Waals surface area contributed by atoms with Gasteiger partial charge in [0.15, 0.2) is 0 Å². The number of aryl methyl sites for hydroxylation is 1. The molecule has 1 unspecified atom stereocenters. The molecule has 0 saturated carbocycles. The van der Waals surface area contributed by atoms with Gasteiger partial charge in [0, 0.05) is 6.54 Å². The number of ether oxygens (including phenoxy) is 1. The minimum Gasteiger partial charge on any atom is -0.468 e. The Hall–Kier alpha value is -2.95. The summed E-state index contributed by atoms with van der Waals surface area (Å²) in [6, 6.07) is 14.1. The van der Waals surface area contributed by atoms with Crippen LogP contribution in [0.2, 0.25) is 0 Å². The summed E-state index contributed by atoms with van der Waals surface area (Å²) < 4.78 is 4.87. The molecule has 5 nitrogen and oxygen atoms in total. The van der Waals surface area contributed by atoms with Crippen molar-refractivity contribution in [1.29, 1.82) is 0 Å². The summed E-state index contributed by atoms with van der Waals surface area (Å²) in [5.74, 6) is -1.94. The lowest BCUT2D eigenvalue weighted by molar-refractivity contribution is -0.142. The van der Waals surface area contributed by atoms with Gasteiger partial charge >= 0.3 is 5.97 Å². The molecule has 0 radical (unpaired) electrons. The lowest BCUT2D eigenvalue weighted by Gasteiger charge is -2.21. The highest BCUT2D eigenvalue weighted by atomic mass is 16.5. The molecular formula is C19H17NO4. The average Bonchev–Trinajstić information content (AvgIpc) is 2.85. The molecule has 2 aromatic rings. The van der Waals surface area contributed by atoms with Gasteiger partial charge < -0.3 is 4.74 Å². The van der Waals surface area contributed by atoms with Crippen molar-refractivity contribution in [2.45, 2.75) is 12.8 Å². The van der Waals surface area contributed by atoms with E-state index >= 15 is 0 Å². The van der Waals surface area contributed by atoms with Gasteiger partial charge in [0.2, 0.25) is 0 Å². The van der Waals surface area contributed by atoms with Crippen molar-refractivity contribution in [3.63, 3.8) is 0 Å². The molecule has 0 aliphatic carbocycles. The first-order chi connectivity index (χ1) is 11.5. The molecule has 1 aliphatic rings. The average molecular weight is 323 g/mol. The first-order valence-corrected chi connectivity index (χ1v) is 7.62. The van der Waals surface area contributed by atoms with Crippen LogP contribution in [0.1, 0.15) is 37.8 Å². The zero-order valence-electron chi connectivity index (χ0n) is 13.5. The van der Waals surface area contributed by atoms with Crippen molar-refractivity contribution in [3.8, 4) is 0 Å². The molecule has 1 atom stereocenters. The zero-order valence-corrected chi connectivity index (χ0v) is 13.5. The second-order valence-electron chi connectivity index (χ2n) is 5.75. The van der Waals surface area contributed by atoms with Crippen LogP contribution < -0.4 is 0 Å². The van der Waals surface area contributed by atoms with E-state index in [2.05, 4.69) is 0 Å². The van der Waals surface area contributed by atoms with E-state index in [0.29, 0.717) is 16.7 Å². The molecule has 3 rings (SSSR count). The molecule has 0 fully saturated rings. The van der Waals surface area contributed by atoms with Crippen molar-refractivity contribution in [2.75, 3.05) is 13.7 Å². The molecule has 0 spiro atoms. The summed E-state index contributed by atoms with van der Waals surface area (Å²) in [6.45, 7) is 1.91. The van der Waals surface area contributed by atoms with Crippen LogP contribution in [0, 0.1) is 6.92 Å². The molecule has 0 N–H and O–H groups in total. The van der Waals surface area contributed by atoms with Crippen molar-refractivity contribution in [2.24, 2.45) is 0 Å². The smallest absolute Gasteiger partial charge is 0.314 e. The number of rotatable bonds is 4. The number of amides is 2. The second kappa shape index (κ2) is 6.28. The topological polar surface area (TPSA) is 63.7 Å². The summed E-state index contributed by atoms with van der Waals surface area (Å²) >= 11 is 0. The van der Waals surface area contributed by atoms with Crippen LogP contribution in [0.15, 0.2) is 48.5 Å². The van der Waals surface area contributed by atoms with E-state index < -0.39 is 11.9 Å². The quantitative estimate of drug-likeness (QED) is 0.641. The monoisotopic (exact) mass is 323 g/mol. The number of fused-ring (bicyclic) bond motifs is 1. The summed E-state index contributed by atoms with van der Waals surface area (Å²) in [7, 11) is 1.30. The molecule has 122 valence electrons. The first kappa shape index (κ1) is 15.9. The van der Waals surface area contributed by atoms with Gasteiger partial charge in [-0.25, -0.2) is 0 Å². The van der Waals surface area contributed by atoms with E-state index in [9.17, 15) is 14.4 Å². The maximum atomic E-state index is 12.5. The Morgan fingerprint density at radius 3 is 2.04 bits per heavy atom. The Balaban J connectivity index is 1.92. The van der Waals surface area contributed by atoms with E-state index in [1.807, 2.05) is 31.2 Å². The fourth-order valence-electron chi connectivity index (χ4n) is 2.84. The number of hydrogen-bond acceptors (Lipinski definition) is 4. The zero-order chi connectivity index (χ0) is 17.3. The normalized spacial score (nSPS) is 14.5. The highest BCUT2D eigenvalue weighted by Crippen LogP contribution is 2.27. The number of esters is 1. The molecule has 2 aromatic carbocycles. The highest BCUT2D eigenvalue weighted by Gasteiger charge is 2.38. The standard InChI is InChI=1S/C19H17NO4/c1-12-7-9-13(10-8-12)16(19(23)24-2)11-20-17(21)14-5-3-4-6-15(14)18(20)22/h3-10,16H,11H2,1-2H3. The van der Waals surface area contributed by atoms with Crippen LogP contribution in [-0.4, -0.2) is 36.3 Å². The molecule has 24 heavy (non-hydrogen) atoms. The van der Waals surface area contributed by atoms with Crippen LogP contribution in [0.4, 0.5) is 0 Å². The Bertz CT molecular complexity index is 775. The van der Waals surface area contributed by atoms with Crippen molar-refractivity contribution in [3.05, 3.63) is 70.8 Å². The molecule has 1 heterocycles. The molecule has 2 amide bonds. The Labute approximate surface area is 139 Å². The highest BCUT2D eigenvalue weighted by molar-refractivity contribution is 6.21. The van der Waals surface area contributed by atoms with E-state index in [0.717, 1.165) is 10.5 Å². The van der Waals surface area contributed by atoms with Gasteiger partial charge in [-0.15, -0.1) is 0 Å². The maximum absolute atomic E-state index is 12.5. The number of imide groups is 1. The fourth-order valence-corrected chi connectivity index (χ4v) is 2.84. The third-order valence-electron chi connectivity index (χ3n) is 4.21. The summed E-state index contributed by atoms with van der Waals surface area (Å²) in [5, 5.41) is 0. The van der Waals surface area contributed by atoms with Crippen LogP contribution in [0.25, 0.3) is 0 Å². The lowest BCUT2D eigenvalue weighted by atomic mass is 9.97. The van der Waals surface area contributed by atoms with Gasteiger partial charge in [-0.1, -0.05) is 42.0 Å². The summed E-state index contributed by atoms with van der Waals surface area (Å²) in [4.78, 5) is 38.3. The Kier molecular flexibility index (Phi) is 4.16. The second-order valence-corrected chi connectivity index (χ2v) is 5.75. The van der Waals surface area contributed by atoms with Gasteiger partial charge in [0.05, 0.1) is 24.2 Å². The maximum Gasteiger partial charge on any atom is 0.314 e. The molecule has 0 aromatic heterocycles. The van der Waals surface area contributed by atoms with Gasteiger partial charge in [-0.2, -0.15) is 0 Å². The number of hydrogen-bond donors (Lipinski definition) is 0. The molecule has 5 heteroatoms. The number of carbonyl (C=O) groups excluding carboxylic acids is 3. The van der Waals surface area contributed by atoms with E-state index in [4.69, 9.17) is 4.74 Å². The van der Waals surface area contributed by atoms with Gasteiger partial charge in [0.25, 0.3) is 11.8 Å². The van der Waals surface area contributed by atoms with Crippen LogP contribution >= 0.6 is 0 Å². The molecule has 0 bridgehead atoms. The number of carbonyl (C=O) groups is 3. The predicted octanol–water partition coefficient (Wildman–Crippen LogP) is 2.55. The molecule has 0 saturated heterocycles.